The zero-order chi connectivity index (χ0) is 51.3. The van der Waals surface area contributed by atoms with E-state index in [1.807, 2.05) is 55.8 Å². The number of aromatic nitrogens is 2. The van der Waals surface area contributed by atoms with Crippen LogP contribution in [0.25, 0.3) is 27.7 Å². The molecule has 0 bridgehead atoms. The van der Waals surface area contributed by atoms with Crippen molar-refractivity contribution in [2.45, 2.75) is 141 Å². The highest BCUT2D eigenvalue weighted by Crippen LogP contribution is 2.57. The number of aryl methyl sites for hydroxylation is 2. The Morgan fingerprint density at radius 3 is 2.24 bits per heavy atom. The van der Waals surface area contributed by atoms with Crippen LogP contribution in [-0.4, -0.2) is 78.5 Å². The van der Waals surface area contributed by atoms with Gasteiger partial charge in [0.1, 0.15) is 17.5 Å². The molecule has 2 atom stereocenters. The third kappa shape index (κ3) is 10.9. The van der Waals surface area contributed by atoms with Gasteiger partial charge in [0, 0.05) is 76.9 Å². The molecule has 0 spiro atoms. The monoisotopic (exact) mass is 999 g/mol. The van der Waals surface area contributed by atoms with E-state index in [1.165, 1.54) is 106 Å². The van der Waals surface area contributed by atoms with Crippen LogP contribution in [-0.2, 0) is 25.3 Å². The lowest BCUT2D eigenvalue weighted by Gasteiger charge is -2.41. The molecule has 3 aliphatic carbocycles. The molecule has 1 saturated carbocycles. The first kappa shape index (κ1) is 53.3. The number of allylic oxidation sites excluding steroid dienone is 1. The maximum Gasteiger partial charge on any atom is 0.164 e. The Bertz CT molecular complexity index is 2730. The number of likely N-dealkylation sites (tertiary alicyclic amines) is 2. The SMILES string of the molecule is C=C1CCN(c2nn(C)c3cc(C4CCN(C5CCN(C)CC5)CC4)ccc23)C(=C)N1.CC.CCCc1ccc2c(c1F)-c1c(Cl)c(F)cc3c1C(C=C2N)C(C)(c1ccccc1)C3.CNC1CCCCC1. The maximum absolute atomic E-state index is 15.8. The summed E-state index contributed by atoms with van der Waals surface area (Å²) in [5.41, 5.74) is 15.3. The topological polar surface area (TPSA) is 77.6 Å². The van der Waals surface area contributed by atoms with Crippen molar-refractivity contribution in [1.29, 1.82) is 0 Å². The molecule has 4 heterocycles. The van der Waals surface area contributed by atoms with E-state index in [2.05, 4.69) is 96.9 Å². The number of rotatable bonds is 7. The van der Waals surface area contributed by atoms with E-state index in [1.54, 1.807) is 6.07 Å². The minimum atomic E-state index is -0.516. The molecule has 4 N–H and O–H groups in total. The molecular weight excluding hydrogens is 918 g/mol. The molecule has 72 heavy (non-hydrogen) atoms. The molecule has 4 aromatic carbocycles. The maximum atomic E-state index is 15.8. The van der Waals surface area contributed by atoms with Gasteiger partial charge in [-0.15, -0.1) is 0 Å². The van der Waals surface area contributed by atoms with E-state index in [0.29, 0.717) is 46.7 Å². The van der Waals surface area contributed by atoms with Crippen LogP contribution in [0.15, 0.2) is 97.5 Å². The van der Waals surface area contributed by atoms with Crippen LogP contribution in [0.3, 0.4) is 0 Å². The molecule has 3 saturated heterocycles. The molecular formula is C61H81ClF2N8. The van der Waals surface area contributed by atoms with Crippen LogP contribution < -0.4 is 21.3 Å². The molecule has 386 valence electrons. The summed E-state index contributed by atoms with van der Waals surface area (Å²) in [6.45, 7) is 22.2. The third-order valence-electron chi connectivity index (χ3n) is 16.6. The average Bonchev–Trinajstić information content (AvgIpc) is 3.82. The molecule has 1 aromatic heterocycles. The number of nitrogens with zero attached hydrogens (tertiary/aromatic N) is 5. The largest absolute Gasteiger partial charge is 0.398 e. The summed E-state index contributed by atoms with van der Waals surface area (Å²) in [6.07, 6.45) is 17.3. The highest BCUT2D eigenvalue weighted by atomic mass is 35.5. The lowest BCUT2D eigenvalue weighted by Crippen LogP contribution is -2.46. The third-order valence-corrected chi connectivity index (χ3v) is 17.0. The molecule has 11 rings (SSSR count). The van der Waals surface area contributed by atoms with Crippen LogP contribution in [0.4, 0.5) is 14.6 Å². The van der Waals surface area contributed by atoms with Gasteiger partial charge in [-0.1, -0.05) is 133 Å². The predicted octanol–water partition coefficient (Wildman–Crippen LogP) is 13.3. The zero-order valence-corrected chi connectivity index (χ0v) is 45.1. The molecule has 0 amide bonds. The van der Waals surface area contributed by atoms with E-state index in [9.17, 15) is 0 Å². The van der Waals surface area contributed by atoms with Gasteiger partial charge >= 0.3 is 0 Å². The second kappa shape index (κ2) is 23.5. The Labute approximate surface area is 434 Å². The van der Waals surface area contributed by atoms with Gasteiger partial charge in [-0.25, -0.2) is 8.78 Å². The normalized spacial score (nSPS) is 21.8. The van der Waals surface area contributed by atoms with Crippen molar-refractivity contribution in [2.75, 3.05) is 51.7 Å². The lowest BCUT2D eigenvalue weighted by atomic mass is 9.72. The first-order valence-corrected chi connectivity index (χ1v) is 27.5. The highest BCUT2D eigenvalue weighted by Gasteiger charge is 2.47. The second-order valence-corrected chi connectivity index (χ2v) is 21.5. The number of benzene rings is 4. The number of halogens is 3. The number of fused-ring (bicyclic) bond motifs is 3. The van der Waals surface area contributed by atoms with Gasteiger partial charge < -0.3 is 31.1 Å². The molecule has 6 aliphatic rings. The highest BCUT2D eigenvalue weighted by molar-refractivity contribution is 6.34. The number of nitrogens with two attached hydrogens (primary N) is 1. The van der Waals surface area contributed by atoms with Crippen LogP contribution in [0, 0.1) is 11.6 Å². The number of hydrogen-bond acceptors (Lipinski definition) is 7. The van der Waals surface area contributed by atoms with E-state index in [4.69, 9.17) is 22.4 Å². The summed E-state index contributed by atoms with van der Waals surface area (Å²) in [5.74, 6) is 1.50. The Morgan fingerprint density at radius 1 is 0.875 bits per heavy atom. The standard InChI is InChI=1S/C27H24ClF2N.C25H36N6.C7H15N.C2H6/c1-3-7-15-10-11-18-21(31)13-19-22-16(14-27(19,2)17-8-5-4-6-9-17)12-20(29)25(28)24(22)23(18)26(15)30;1-18-7-16-31(19(2)26-18)25-23-6-5-21(17-24(23)29(4)27-25)20-8-14-30(15-9-20)22-10-12-28(3)13-11-22;1-8-7-5-3-2-4-6-7;1-2/h4-6,8-13,19H,3,7,14,31H2,1-2H3;5-6,17,20,22,26H,1-2,7-16H2,3-4H3;7-8H,2-6H2,1H3;1-2H3. The van der Waals surface area contributed by atoms with Crippen LogP contribution in [0.2, 0.25) is 5.02 Å². The van der Waals surface area contributed by atoms with Crippen molar-refractivity contribution in [1.82, 2.24) is 30.2 Å². The molecule has 4 fully saturated rings. The van der Waals surface area contributed by atoms with Gasteiger partial charge in [0.25, 0.3) is 0 Å². The quantitative estimate of drug-likeness (QED) is 0.150. The lowest BCUT2D eigenvalue weighted by molar-refractivity contribution is 0.0966. The van der Waals surface area contributed by atoms with Crippen LogP contribution >= 0.6 is 11.6 Å². The van der Waals surface area contributed by atoms with Gasteiger partial charge in [0.15, 0.2) is 5.82 Å². The van der Waals surface area contributed by atoms with Gasteiger partial charge in [-0.2, -0.15) is 5.10 Å². The molecule has 0 radical (unpaired) electrons. The van der Waals surface area contributed by atoms with Crippen molar-refractivity contribution in [2.24, 2.45) is 12.8 Å². The molecule has 11 heteroatoms. The van der Waals surface area contributed by atoms with Crippen molar-refractivity contribution < 1.29 is 8.78 Å². The Morgan fingerprint density at radius 2 is 1.58 bits per heavy atom. The fourth-order valence-corrected chi connectivity index (χ4v) is 12.7. The average molecular weight is 1000 g/mol. The van der Waals surface area contributed by atoms with Crippen molar-refractivity contribution >= 4 is 34.0 Å². The van der Waals surface area contributed by atoms with Gasteiger partial charge in [-0.3, -0.25) is 4.68 Å². The zero-order valence-electron chi connectivity index (χ0n) is 44.3. The fourth-order valence-electron chi connectivity index (χ4n) is 12.5. The Kier molecular flexibility index (Phi) is 17.4. The first-order valence-electron chi connectivity index (χ1n) is 27.1. The van der Waals surface area contributed by atoms with Crippen LogP contribution in [0.1, 0.15) is 144 Å². The van der Waals surface area contributed by atoms with Gasteiger partial charge in [0.2, 0.25) is 0 Å². The van der Waals surface area contributed by atoms with Crippen molar-refractivity contribution in [3.63, 3.8) is 0 Å². The molecule has 5 aromatic rings. The summed E-state index contributed by atoms with van der Waals surface area (Å²) >= 11 is 6.56. The molecule has 3 aliphatic heterocycles. The smallest absolute Gasteiger partial charge is 0.164 e. The Balaban J connectivity index is 0.000000162. The predicted molar refractivity (Wildman–Crippen MR) is 299 cm³/mol. The minimum Gasteiger partial charge on any atom is -0.398 e. The van der Waals surface area contributed by atoms with Gasteiger partial charge in [0.05, 0.1) is 10.5 Å². The first-order chi connectivity index (χ1) is 34.8. The summed E-state index contributed by atoms with van der Waals surface area (Å²) < 4.78 is 32.9. The van der Waals surface area contributed by atoms with E-state index in [-0.39, 0.29) is 22.2 Å². The number of hydrogen-bond donors (Lipinski definition) is 3. The Hall–Kier alpha value is -5.00. The number of piperidine rings is 2. The number of nitrogens with one attached hydrogen (secondary N) is 2. The second-order valence-electron chi connectivity index (χ2n) is 21.2. The van der Waals surface area contributed by atoms with E-state index < -0.39 is 5.82 Å². The minimum absolute atomic E-state index is 0.0297. The fraction of sp³-hybridized carbons (Fsp3) is 0.492. The summed E-state index contributed by atoms with van der Waals surface area (Å²) in [4.78, 5) is 7.40. The van der Waals surface area contributed by atoms with Crippen molar-refractivity contribution in [3.05, 3.63) is 148 Å². The summed E-state index contributed by atoms with van der Waals surface area (Å²) in [7, 11) is 6.37. The molecule has 8 nitrogen and oxygen atoms in total. The van der Waals surface area contributed by atoms with Crippen molar-refractivity contribution in [3.8, 4) is 11.1 Å². The molecule has 2 unspecified atom stereocenters. The van der Waals surface area contributed by atoms with Crippen LogP contribution in [0.5, 0.6) is 0 Å². The van der Waals surface area contributed by atoms with E-state index in [0.717, 1.165) is 65.5 Å². The summed E-state index contributed by atoms with van der Waals surface area (Å²) in [5, 5.41) is 12.6. The summed E-state index contributed by atoms with van der Waals surface area (Å²) in [6, 6.07) is 23.9. The van der Waals surface area contributed by atoms with Gasteiger partial charge in [-0.05, 0) is 144 Å². The van der Waals surface area contributed by atoms with E-state index >= 15 is 8.78 Å². The number of anilines is 1.